The fourth-order valence-corrected chi connectivity index (χ4v) is 3.75. The summed E-state index contributed by atoms with van der Waals surface area (Å²) in [5.41, 5.74) is 2.26. The molecule has 0 fully saturated rings. The van der Waals surface area contributed by atoms with Gasteiger partial charge < -0.3 is 4.90 Å². The Morgan fingerprint density at radius 2 is 1.55 bits per heavy atom. The van der Waals surface area contributed by atoms with E-state index < -0.39 is 9.84 Å². The second-order valence-electron chi connectivity index (χ2n) is 5.71. The lowest BCUT2D eigenvalue weighted by molar-refractivity contribution is 0.592. The number of nitrogens with zero attached hydrogens (tertiary/aromatic N) is 1. The molecule has 0 aliphatic heterocycles. The Morgan fingerprint density at radius 1 is 0.955 bits per heavy atom. The Balaban J connectivity index is 2.19. The van der Waals surface area contributed by atoms with Crippen LogP contribution in [0.1, 0.15) is 19.4 Å². The lowest BCUT2D eigenvalue weighted by atomic mass is 10.1. The monoisotopic (exact) mass is 317 g/mol. The van der Waals surface area contributed by atoms with Crippen molar-refractivity contribution in [2.45, 2.75) is 31.7 Å². The highest BCUT2D eigenvalue weighted by molar-refractivity contribution is 7.91. The van der Waals surface area contributed by atoms with Crippen molar-refractivity contribution in [2.75, 3.05) is 17.2 Å². The molecule has 0 aromatic heterocycles. The maximum absolute atomic E-state index is 12.4. The molecule has 0 unspecified atom stereocenters. The van der Waals surface area contributed by atoms with Crippen LogP contribution in [0.5, 0.6) is 0 Å². The van der Waals surface area contributed by atoms with Crippen molar-refractivity contribution in [3.8, 4) is 0 Å². The molecule has 118 valence electrons. The predicted octanol–water partition coefficient (Wildman–Crippen LogP) is 3.68. The van der Waals surface area contributed by atoms with Crippen molar-refractivity contribution >= 4 is 15.5 Å². The normalized spacial score (nSPS) is 11.6. The fourth-order valence-electron chi connectivity index (χ4n) is 2.51. The maximum Gasteiger partial charge on any atom is 0.180 e. The van der Waals surface area contributed by atoms with Gasteiger partial charge in [-0.1, -0.05) is 36.4 Å². The van der Waals surface area contributed by atoms with Gasteiger partial charge >= 0.3 is 0 Å². The molecule has 0 radical (unpaired) electrons. The molecule has 0 atom stereocenters. The zero-order valence-electron chi connectivity index (χ0n) is 13.4. The van der Waals surface area contributed by atoms with Crippen LogP contribution in [0.25, 0.3) is 0 Å². The van der Waals surface area contributed by atoms with Gasteiger partial charge in [0.1, 0.15) is 0 Å². The second kappa shape index (κ2) is 6.97. The van der Waals surface area contributed by atoms with E-state index in [1.54, 1.807) is 24.3 Å². The first kappa shape index (κ1) is 16.6. The van der Waals surface area contributed by atoms with Crippen LogP contribution >= 0.6 is 0 Å². The molecular formula is C18H23NO2S. The number of benzene rings is 2. The van der Waals surface area contributed by atoms with Crippen LogP contribution in [0, 0.1) is 6.92 Å². The van der Waals surface area contributed by atoms with E-state index in [0.717, 1.165) is 11.3 Å². The van der Waals surface area contributed by atoms with E-state index in [4.69, 9.17) is 0 Å². The minimum atomic E-state index is -3.25. The number of rotatable bonds is 6. The minimum Gasteiger partial charge on any atom is -0.368 e. The van der Waals surface area contributed by atoms with Crippen LogP contribution in [-0.4, -0.2) is 26.8 Å². The standard InChI is InChI=1S/C18H23NO2S/c1-15(2)19(18-12-8-7-9-16(18)3)13-14-22(20,21)17-10-5-4-6-11-17/h4-12,15H,13-14H2,1-3H3. The van der Waals surface area contributed by atoms with Crippen molar-refractivity contribution in [2.24, 2.45) is 0 Å². The summed E-state index contributed by atoms with van der Waals surface area (Å²) >= 11 is 0. The molecule has 0 bridgehead atoms. The summed E-state index contributed by atoms with van der Waals surface area (Å²) in [6.07, 6.45) is 0. The van der Waals surface area contributed by atoms with Crippen LogP contribution < -0.4 is 4.90 Å². The van der Waals surface area contributed by atoms with Gasteiger partial charge in [-0.2, -0.15) is 0 Å². The molecule has 0 saturated heterocycles. The summed E-state index contributed by atoms with van der Waals surface area (Å²) in [5, 5.41) is 0. The van der Waals surface area contributed by atoms with Crippen molar-refractivity contribution in [3.05, 3.63) is 60.2 Å². The number of hydrogen-bond donors (Lipinski definition) is 0. The molecule has 0 aliphatic rings. The molecule has 0 aliphatic carbocycles. The van der Waals surface area contributed by atoms with Crippen LogP contribution in [0.4, 0.5) is 5.69 Å². The largest absolute Gasteiger partial charge is 0.368 e. The molecule has 0 heterocycles. The highest BCUT2D eigenvalue weighted by Gasteiger charge is 2.19. The lowest BCUT2D eigenvalue weighted by Crippen LogP contribution is -2.35. The Hall–Kier alpha value is -1.81. The highest BCUT2D eigenvalue weighted by Crippen LogP contribution is 2.22. The van der Waals surface area contributed by atoms with Gasteiger partial charge in [-0.3, -0.25) is 0 Å². The van der Waals surface area contributed by atoms with Crippen molar-refractivity contribution in [1.82, 2.24) is 0 Å². The summed E-state index contributed by atoms with van der Waals surface area (Å²) < 4.78 is 24.9. The summed E-state index contributed by atoms with van der Waals surface area (Å²) in [6, 6.07) is 17.0. The van der Waals surface area contributed by atoms with Gasteiger partial charge in [-0.05, 0) is 44.5 Å². The molecule has 0 N–H and O–H groups in total. The van der Waals surface area contributed by atoms with Crippen molar-refractivity contribution < 1.29 is 8.42 Å². The Labute approximate surface area is 133 Å². The highest BCUT2D eigenvalue weighted by atomic mass is 32.2. The van der Waals surface area contributed by atoms with Gasteiger partial charge in [-0.15, -0.1) is 0 Å². The number of sulfone groups is 1. The van der Waals surface area contributed by atoms with Gasteiger partial charge in [0.15, 0.2) is 9.84 Å². The van der Waals surface area contributed by atoms with E-state index in [-0.39, 0.29) is 11.8 Å². The van der Waals surface area contributed by atoms with Crippen molar-refractivity contribution in [3.63, 3.8) is 0 Å². The second-order valence-corrected chi connectivity index (χ2v) is 7.81. The van der Waals surface area contributed by atoms with Crippen LogP contribution in [-0.2, 0) is 9.84 Å². The Bertz CT molecular complexity index is 709. The third kappa shape index (κ3) is 3.89. The Morgan fingerprint density at radius 3 is 2.14 bits per heavy atom. The topological polar surface area (TPSA) is 37.4 Å². The number of anilines is 1. The summed E-state index contributed by atoms with van der Waals surface area (Å²) in [7, 11) is -3.25. The van der Waals surface area contributed by atoms with Crippen LogP contribution in [0.2, 0.25) is 0 Å². The van der Waals surface area contributed by atoms with E-state index in [1.165, 1.54) is 0 Å². The zero-order chi connectivity index (χ0) is 16.2. The average Bonchev–Trinajstić information content (AvgIpc) is 2.50. The summed E-state index contributed by atoms with van der Waals surface area (Å²) in [4.78, 5) is 2.54. The van der Waals surface area contributed by atoms with E-state index >= 15 is 0 Å². The number of hydrogen-bond acceptors (Lipinski definition) is 3. The minimum absolute atomic E-state index is 0.115. The van der Waals surface area contributed by atoms with Crippen LogP contribution in [0.3, 0.4) is 0 Å². The lowest BCUT2D eigenvalue weighted by Gasteiger charge is -2.30. The molecule has 2 rings (SSSR count). The smallest absolute Gasteiger partial charge is 0.180 e. The fraction of sp³-hybridized carbons (Fsp3) is 0.333. The third-order valence-electron chi connectivity index (χ3n) is 3.75. The molecule has 0 spiro atoms. The zero-order valence-corrected chi connectivity index (χ0v) is 14.2. The summed E-state index contributed by atoms with van der Waals surface area (Å²) in [5.74, 6) is 0.115. The van der Waals surface area contributed by atoms with E-state index in [2.05, 4.69) is 31.7 Å². The first-order valence-electron chi connectivity index (χ1n) is 7.52. The number of aryl methyl sites for hydroxylation is 1. The first-order chi connectivity index (χ1) is 10.4. The van der Waals surface area contributed by atoms with E-state index in [1.807, 2.05) is 24.3 Å². The first-order valence-corrected chi connectivity index (χ1v) is 9.17. The maximum atomic E-state index is 12.4. The molecule has 22 heavy (non-hydrogen) atoms. The predicted molar refractivity (Wildman–Crippen MR) is 92.2 cm³/mol. The molecule has 4 heteroatoms. The molecule has 2 aromatic rings. The molecular weight excluding hydrogens is 294 g/mol. The van der Waals surface area contributed by atoms with Crippen molar-refractivity contribution in [1.29, 1.82) is 0 Å². The van der Waals surface area contributed by atoms with E-state index in [0.29, 0.717) is 11.4 Å². The van der Waals surface area contributed by atoms with Crippen LogP contribution in [0.15, 0.2) is 59.5 Å². The van der Waals surface area contributed by atoms with Gasteiger partial charge in [0.2, 0.25) is 0 Å². The quantitative estimate of drug-likeness (QED) is 0.815. The van der Waals surface area contributed by atoms with E-state index in [9.17, 15) is 8.42 Å². The Kier molecular flexibility index (Phi) is 5.24. The third-order valence-corrected chi connectivity index (χ3v) is 5.46. The SMILES string of the molecule is Cc1ccccc1N(CCS(=O)(=O)c1ccccc1)C(C)C. The molecule has 0 saturated carbocycles. The van der Waals surface area contributed by atoms with Gasteiger partial charge in [0, 0.05) is 18.3 Å². The average molecular weight is 317 g/mol. The van der Waals surface area contributed by atoms with Gasteiger partial charge in [-0.25, -0.2) is 8.42 Å². The van der Waals surface area contributed by atoms with Gasteiger partial charge in [0.05, 0.1) is 10.6 Å². The number of para-hydroxylation sites is 1. The molecule has 2 aromatic carbocycles. The van der Waals surface area contributed by atoms with Gasteiger partial charge in [0.25, 0.3) is 0 Å². The molecule has 0 amide bonds. The summed E-state index contributed by atoms with van der Waals surface area (Å²) in [6.45, 7) is 6.71. The molecule has 3 nitrogen and oxygen atoms in total.